The Morgan fingerprint density at radius 3 is 1.12 bits per heavy atom. The quantitative estimate of drug-likeness (QED) is 0.0311. The van der Waals surface area contributed by atoms with E-state index in [0.29, 0.717) is 6.61 Å². The van der Waals surface area contributed by atoms with Crippen LogP contribution < -0.4 is 0 Å². The van der Waals surface area contributed by atoms with Gasteiger partial charge in [0.1, 0.15) is 12.2 Å². The third-order valence-electron chi connectivity index (χ3n) is 11.3. The lowest BCUT2D eigenvalue weighted by Gasteiger charge is -2.20. The first-order chi connectivity index (χ1) is 28.3. The summed E-state index contributed by atoms with van der Waals surface area (Å²) in [5, 5.41) is 18.4. The molecule has 0 aliphatic rings. The van der Waals surface area contributed by atoms with Crippen LogP contribution in [0.3, 0.4) is 0 Å². The Bertz CT molecular complexity index is 876. The van der Waals surface area contributed by atoms with Crippen molar-refractivity contribution < 1.29 is 43.0 Å². The summed E-state index contributed by atoms with van der Waals surface area (Å²) in [5.41, 5.74) is 0. The van der Waals surface area contributed by atoms with Crippen LogP contribution >= 0.6 is 7.82 Å². The minimum atomic E-state index is -4.51. The van der Waals surface area contributed by atoms with Crippen molar-refractivity contribution in [1.82, 2.24) is 0 Å². The van der Waals surface area contributed by atoms with Crippen molar-refractivity contribution in [1.29, 1.82) is 0 Å². The molecule has 9 nitrogen and oxygen atoms in total. The first-order valence-electron chi connectivity index (χ1n) is 25.0. The zero-order chi connectivity index (χ0) is 42.5. The highest BCUT2D eigenvalue weighted by Gasteiger charge is 2.26. The van der Waals surface area contributed by atoms with Crippen molar-refractivity contribution in [2.45, 2.75) is 270 Å². The molecule has 10 heteroatoms. The first-order valence-corrected chi connectivity index (χ1v) is 26.5. The van der Waals surface area contributed by atoms with Gasteiger partial charge in [0.2, 0.25) is 0 Å². The van der Waals surface area contributed by atoms with Gasteiger partial charge in [-0.1, -0.05) is 239 Å². The third-order valence-corrected chi connectivity index (χ3v) is 12.2. The van der Waals surface area contributed by atoms with Crippen LogP contribution in [0.25, 0.3) is 0 Å². The maximum Gasteiger partial charge on any atom is 0.472 e. The molecule has 0 bridgehead atoms. The minimum absolute atomic E-state index is 0.0585. The summed E-state index contributed by atoms with van der Waals surface area (Å²) in [6.45, 7) is 3.60. The summed E-state index contributed by atoms with van der Waals surface area (Å²) in [7, 11) is -4.51. The zero-order valence-corrected chi connectivity index (χ0v) is 39.2. The summed E-state index contributed by atoms with van der Waals surface area (Å²) in [4.78, 5) is 22.7. The Balaban J connectivity index is 4.00. The van der Waals surface area contributed by atoms with Crippen molar-refractivity contribution in [3.8, 4) is 0 Å². The Labute approximate surface area is 358 Å². The van der Waals surface area contributed by atoms with Crippen LogP contribution in [0.5, 0.6) is 0 Å². The summed E-state index contributed by atoms with van der Waals surface area (Å²) in [5.74, 6) is -0.373. The van der Waals surface area contributed by atoms with E-state index < -0.39 is 33.2 Å². The molecule has 3 unspecified atom stereocenters. The molecule has 0 rings (SSSR count). The number of carbonyl (C=O) groups is 1. The Morgan fingerprint density at radius 2 is 0.776 bits per heavy atom. The molecule has 0 aromatic rings. The van der Waals surface area contributed by atoms with Gasteiger partial charge < -0.3 is 24.6 Å². The van der Waals surface area contributed by atoms with E-state index in [-0.39, 0.29) is 25.6 Å². The molecule has 0 radical (unpaired) electrons. The van der Waals surface area contributed by atoms with Crippen LogP contribution in [0.1, 0.15) is 258 Å². The molecule has 348 valence electrons. The first kappa shape index (κ1) is 57.5. The van der Waals surface area contributed by atoms with E-state index in [2.05, 4.69) is 13.8 Å². The van der Waals surface area contributed by atoms with E-state index in [0.717, 1.165) is 32.1 Å². The number of rotatable bonds is 49. The molecule has 3 atom stereocenters. The van der Waals surface area contributed by atoms with Gasteiger partial charge in [0.25, 0.3) is 0 Å². The van der Waals surface area contributed by atoms with Gasteiger partial charge in [0.05, 0.1) is 26.4 Å². The minimum Gasteiger partial charge on any atom is -0.457 e. The lowest BCUT2D eigenvalue weighted by Crippen LogP contribution is -2.29. The van der Waals surface area contributed by atoms with Gasteiger partial charge in [0, 0.05) is 13.0 Å². The van der Waals surface area contributed by atoms with Crippen LogP contribution in [-0.4, -0.2) is 66.3 Å². The fourth-order valence-corrected chi connectivity index (χ4v) is 8.27. The van der Waals surface area contributed by atoms with E-state index in [9.17, 15) is 19.4 Å². The van der Waals surface area contributed by atoms with Gasteiger partial charge in [0.15, 0.2) is 0 Å². The molecule has 0 heterocycles. The third kappa shape index (κ3) is 45.0. The van der Waals surface area contributed by atoms with Crippen molar-refractivity contribution in [2.24, 2.45) is 0 Å². The summed E-state index contributed by atoms with van der Waals surface area (Å²) in [6, 6.07) is 0. The average Bonchev–Trinajstić information content (AvgIpc) is 3.21. The number of phosphoric acid groups is 1. The molecule has 0 fully saturated rings. The van der Waals surface area contributed by atoms with Crippen molar-refractivity contribution in [2.75, 3.05) is 33.0 Å². The number of phosphoric ester groups is 1. The summed E-state index contributed by atoms with van der Waals surface area (Å²) in [6.07, 6.45) is 46.4. The molecule has 0 amide bonds. The molecule has 0 saturated heterocycles. The van der Waals surface area contributed by atoms with Crippen LogP contribution in [0.4, 0.5) is 0 Å². The zero-order valence-electron chi connectivity index (χ0n) is 38.3. The van der Waals surface area contributed by atoms with Gasteiger partial charge in [-0.25, -0.2) is 4.57 Å². The molecule has 0 aliphatic carbocycles. The Hall–Kier alpha value is -0.540. The summed E-state index contributed by atoms with van der Waals surface area (Å²) < 4.78 is 33.5. The topological polar surface area (TPSA) is 132 Å². The lowest BCUT2D eigenvalue weighted by atomic mass is 10.0. The molecular weight excluding hydrogens is 751 g/mol. The highest BCUT2D eigenvalue weighted by Crippen LogP contribution is 2.43. The molecule has 0 aromatic carbocycles. The number of aliphatic hydroxyl groups is 2. The van der Waals surface area contributed by atoms with Crippen molar-refractivity contribution in [3.05, 3.63) is 0 Å². The van der Waals surface area contributed by atoms with Gasteiger partial charge in [-0.15, -0.1) is 0 Å². The van der Waals surface area contributed by atoms with Gasteiger partial charge >= 0.3 is 13.8 Å². The van der Waals surface area contributed by atoms with Gasteiger partial charge in [-0.3, -0.25) is 13.8 Å². The Morgan fingerprint density at radius 1 is 0.466 bits per heavy atom. The maximum atomic E-state index is 12.7. The second-order valence-corrected chi connectivity index (χ2v) is 18.7. The lowest BCUT2D eigenvalue weighted by molar-refractivity contribution is -0.154. The normalized spacial score (nSPS) is 13.8. The number of aliphatic hydroxyl groups excluding tert-OH is 2. The molecule has 0 aromatic heterocycles. The second-order valence-electron chi connectivity index (χ2n) is 17.2. The van der Waals surface area contributed by atoms with Crippen molar-refractivity contribution >= 4 is 13.8 Å². The molecule has 58 heavy (non-hydrogen) atoms. The number of unbranched alkanes of at least 4 members (excludes halogenated alkanes) is 35. The molecule has 0 saturated carbocycles. The number of hydrogen-bond acceptors (Lipinski definition) is 8. The van der Waals surface area contributed by atoms with Crippen LogP contribution in [-0.2, 0) is 27.9 Å². The number of esters is 1. The highest BCUT2D eigenvalue weighted by atomic mass is 31.2. The molecule has 0 aliphatic heterocycles. The van der Waals surface area contributed by atoms with Crippen molar-refractivity contribution in [3.63, 3.8) is 0 Å². The highest BCUT2D eigenvalue weighted by molar-refractivity contribution is 7.47. The average molecular weight is 849 g/mol. The predicted molar refractivity (Wildman–Crippen MR) is 242 cm³/mol. The van der Waals surface area contributed by atoms with Crippen LogP contribution in [0, 0.1) is 0 Å². The van der Waals surface area contributed by atoms with Crippen LogP contribution in [0.15, 0.2) is 0 Å². The van der Waals surface area contributed by atoms with Gasteiger partial charge in [-0.05, 0) is 12.8 Å². The smallest absolute Gasteiger partial charge is 0.457 e. The fourth-order valence-electron chi connectivity index (χ4n) is 7.48. The summed E-state index contributed by atoms with van der Waals surface area (Å²) >= 11 is 0. The Kier molecular flexibility index (Phi) is 45.5. The molecule has 0 spiro atoms. The van der Waals surface area contributed by atoms with Gasteiger partial charge in [-0.2, -0.15) is 0 Å². The standard InChI is InChI=1S/C48H97O9P/c1-3-5-7-9-11-13-15-17-19-20-21-22-23-24-25-26-28-30-32-34-36-38-40-48(51)57-47(45-56-58(52,53)55-43-46(50)42-49)44-54-41-39-37-35-33-31-29-27-18-16-14-12-10-8-6-4-2/h46-47,49-50H,3-45H2,1-2H3,(H,52,53). The molecule has 3 N–H and O–H groups in total. The number of ether oxygens (including phenoxy) is 2. The van der Waals surface area contributed by atoms with E-state index in [1.807, 2.05) is 0 Å². The number of carbonyl (C=O) groups excluding carboxylic acids is 1. The fraction of sp³-hybridized carbons (Fsp3) is 0.979. The number of hydrogen-bond donors (Lipinski definition) is 3. The van der Waals surface area contributed by atoms with E-state index in [1.54, 1.807) is 0 Å². The van der Waals surface area contributed by atoms with E-state index in [1.165, 1.54) is 205 Å². The van der Waals surface area contributed by atoms with E-state index >= 15 is 0 Å². The monoisotopic (exact) mass is 849 g/mol. The maximum absolute atomic E-state index is 12.7. The SMILES string of the molecule is CCCCCCCCCCCCCCCCCCCCCCCCC(=O)OC(COCCCCCCCCCCCCCCCCC)COP(=O)(O)OCC(O)CO. The second kappa shape index (κ2) is 46.0. The largest absolute Gasteiger partial charge is 0.472 e. The van der Waals surface area contributed by atoms with E-state index in [4.69, 9.17) is 23.6 Å². The van der Waals surface area contributed by atoms with Crippen LogP contribution in [0.2, 0.25) is 0 Å². The molecular formula is C48H97O9P. The predicted octanol–water partition coefficient (Wildman–Crippen LogP) is 14.3.